The molecule has 70 valence electrons. The topological polar surface area (TPSA) is 50.2 Å². The Labute approximate surface area is 75.2 Å². The number of rotatable bonds is 3. The minimum atomic E-state index is -1.86. The van der Waals surface area contributed by atoms with Crippen LogP contribution in [0.3, 0.4) is 0 Å². The lowest BCUT2D eigenvalue weighted by Crippen LogP contribution is -2.21. The fourth-order valence-corrected chi connectivity index (χ4v) is 1.05. The number of aliphatic carboxylic acids is 1. The molecule has 13 heavy (non-hydrogen) atoms. The lowest BCUT2D eigenvalue weighted by atomic mass is 9.98. The summed E-state index contributed by atoms with van der Waals surface area (Å²) >= 11 is 0. The molecule has 3 nitrogen and oxygen atoms in total. The third-order valence-electron chi connectivity index (χ3n) is 1.91. The minimum absolute atomic E-state index is 0.638. The molecule has 0 bridgehead atoms. The van der Waals surface area contributed by atoms with E-state index < -0.39 is 18.1 Å². The standard InChI is InChI=1S/C9H10FNO2/c1-6(8(10)9(12)13)7-2-4-11-5-3-7/h2-6,8H,1H3,(H,12,13). The first-order valence-corrected chi connectivity index (χ1v) is 3.89. The molecule has 0 radical (unpaired) electrons. The lowest BCUT2D eigenvalue weighted by Gasteiger charge is -2.12. The van der Waals surface area contributed by atoms with Gasteiger partial charge in [0, 0.05) is 18.3 Å². The summed E-state index contributed by atoms with van der Waals surface area (Å²) < 4.78 is 13.0. The Balaban J connectivity index is 2.79. The van der Waals surface area contributed by atoms with Crippen LogP contribution >= 0.6 is 0 Å². The van der Waals surface area contributed by atoms with Crippen molar-refractivity contribution < 1.29 is 14.3 Å². The number of alkyl halides is 1. The highest BCUT2D eigenvalue weighted by Gasteiger charge is 2.24. The summed E-state index contributed by atoms with van der Waals surface area (Å²) in [7, 11) is 0. The van der Waals surface area contributed by atoms with Gasteiger partial charge in [-0.25, -0.2) is 9.18 Å². The zero-order chi connectivity index (χ0) is 9.84. The van der Waals surface area contributed by atoms with Crippen molar-refractivity contribution in [2.24, 2.45) is 0 Å². The lowest BCUT2D eigenvalue weighted by molar-refractivity contribution is -0.143. The Morgan fingerprint density at radius 2 is 2.08 bits per heavy atom. The van der Waals surface area contributed by atoms with Crippen molar-refractivity contribution in [2.75, 3.05) is 0 Å². The van der Waals surface area contributed by atoms with Crippen molar-refractivity contribution in [3.8, 4) is 0 Å². The van der Waals surface area contributed by atoms with E-state index in [0.29, 0.717) is 5.56 Å². The van der Waals surface area contributed by atoms with E-state index in [2.05, 4.69) is 4.98 Å². The highest BCUT2D eigenvalue weighted by Crippen LogP contribution is 2.20. The van der Waals surface area contributed by atoms with Gasteiger partial charge < -0.3 is 5.11 Å². The minimum Gasteiger partial charge on any atom is -0.479 e. The molecule has 0 saturated heterocycles. The molecular weight excluding hydrogens is 173 g/mol. The first kappa shape index (κ1) is 9.64. The van der Waals surface area contributed by atoms with Crippen LogP contribution in [0.4, 0.5) is 4.39 Å². The maximum absolute atomic E-state index is 13.0. The summed E-state index contributed by atoms with van der Waals surface area (Å²) in [6.45, 7) is 1.54. The van der Waals surface area contributed by atoms with Gasteiger partial charge in [-0.15, -0.1) is 0 Å². The molecule has 0 spiro atoms. The molecule has 1 N–H and O–H groups in total. The van der Waals surface area contributed by atoms with Crippen LogP contribution in [0.25, 0.3) is 0 Å². The average Bonchev–Trinajstić information content (AvgIpc) is 2.17. The number of hydrogen-bond donors (Lipinski definition) is 1. The van der Waals surface area contributed by atoms with Gasteiger partial charge in [0.25, 0.3) is 0 Å². The summed E-state index contributed by atoms with van der Waals surface area (Å²) in [6.07, 6.45) is 1.17. The quantitative estimate of drug-likeness (QED) is 0.774. The van der Waals surface area contributed by atoms with Crippen LogP contribution in [-0.4, -0.2) is 22.2 Å². The molecule has 4 heteroatoms. The highest BCUT2D eigenvalue weighted by molar-refractivity contribution is 5.73. The number of pyridine rings is 1. The van der Waals surface area contributed by atoms with Crippen LogP contribution < -0.4 is 0 Å². The van der Waals surface area contributed by atoms with Crippen molar-refractivity contribution in [1.29, 1.82) is 0 Å². The third kappa shape index (κ3) is 2.24. The number of carboxylic acid groups (broad SMARTS) is 1. The van der Waals surface area contributed by atoms with Crippen LogP contribution in [-0.2, 0) is 4.79 Å². The van der Waals surface area contributed by atoms with E-state index in [1.165, 1.54) is 19.3 Å². The summed E-state index contributed by atoms with van der Waals surface area (Å²) in [5.74, 6) is -2.06. The van der Waals surface area contributed by atoms with E-state index >= 15 is 0 Å². The first-order chi connectivity index (χ1) is 6.13. The molecule has 0 saturated carbocycles. The van der Waals surface area contributed by atoms with Gasteiger partial charge in [0.15, 0.2) is 0 Å². The molecule has 0 aliphatic carbocycles. The number of aromatic nitrogens is 1. The largest absolute Gasteiger partial charge is 0.479 e. The van der Waals surface area contributed by atoms with E-state index in [4.69, 9.17) is 5.11 Å². The van der Waals surface area contributed by atoms with Gasteiger partial charge >= 0.3 is 5.97 Å². The van der Waals surface area contributed by atoms with E-state index in [-0.39, 0.29) is 0 Å². The van der Waals surface area contributed by atoms with Crippen molar-refractivity contribution in [3.05, 3.63) is 30.1 Å². The Bertz CT molecular complexity index is 289. The summed E-state index contributed by atoms with van der Waals surface area (Å²) in [5.41, 5.74) is 0.643. The third-order valence-corrected chi connectivity index (χ3v) is 1.91. The molecule has 0 fully saturated rings. The van der Waals surface area contributed by atoms with Crippen LogP contribution in [0.2, 0.25) is 0 Å². The van der Waals surface area contributed by atoms with Crippen LogP contribution in [0.5, 0.6) is 0 Å². The maximum Gasteiger partial charge on any atom is 0.338 e. The predicted molar refractivity (Wildman–Crippen MR) is 45.2 cm³/mol. The Hall–Kier alpha value is -1.45. The van der Waals surface area contributed by atoms with Crippen LogP contribution in [0, 0.1) is 0 Å². The monoisotopic (exact) mass is 183 g/mol. The van der Waals surface area contributed by atoms with E-state index in [1.54, 1.807) is 12.1 Å². The molecule has 0 aliphatic rings. The first-order valence-electron chi connectivity index (χ1n) is 3.89. The second-order valence-electron chi connectivity index (χ2n) is 2.81. The molecular formula is C9H10FNO2. The van der Waals surface area contributed by atoms with E-state index in [1.807, 2.05) is 0 Å². The van der Waals surface area contributed by atoms with E-state index in [9.17, 15) is 9.18 Å². The second-order valence-corrected chi connectivity index (χ2v) is 2.81. The Kier molecular flexibility index (Phi) is 2.95. The molecule has 2 atom stereocenters. The molecule has 0 aromatic carbocycles. The normalized spacial score (nSPS) is 14.9. The van der Waals surface area contributed by atoms with Crippen LogP contribution in [0.1, 0.15) is 18.4 Å². The van der Waals surface area contributed by atoms with E-state index in [0.717, 1.165) is 0 Å². The second kappa shape index (κ2) is 3.98. The van der Waals surface area contributed by atoms with Crippen molar-refractivity contribution >= 4 is 5.97 Å². The van der Waals surface area contributed by atoms with Gasteiger partial charge in [-0.05, 0) is 17.7 Å². The Morgan fingerprint density at radius 3 is 2.54 bits per heavy atom. The molecule has 1 heterocycles. The zero-order valence-corrected chi connectivity index (χ0v) is 7.14. The van der Waals surface area contributed by atoms with Gasteiger partial charge in [-0.2, -0.15) is 0 Å². The molecule has 0 aliphatic heterocycles. The number of carbonyl (C=O) groups is 1. The summed E-state index contributed by atoms with van der Waals surface area (Å²) in [5, 5.41) is 8.42. The number of carboxylic acids is 1. The molecule has 1 aromatic heterocycles. The van der Waals surface area contributed by atoms with Gasteiger partial charge in [0.2, 0.25) is 6.17 Å². The zero-order valence-electron chi connectivity index (χ0n) is 7.14. The average molecular weight is 183 g/mol. The molecule has 1 rings (SSSR count). The molecule has 0 amide bonds. The SMILES string of the molecule is CC(c1ccncc1)C(F)C(=O)O. The smallest absolute Gasteiger partial charge is 0.338 e. The molecule has 1 aromatic rings. The van der Waals surface area contributed by atoms with Gasteiger partial charge in [0.1, 0.15) is 0 Å². The summed E-state index contributed by atoms with van der Waals surface area (Å²) in [6, 6.07) is 3.22. The highest BCUT2D eigenvalue weighted by atomic mass is 19.1. The fraction of sp³-hybridized carbons (Fsp3) is 0.333. The van der Waals surface area contributed by atoms with Crippen molar-refractivity contribution in [2.45, 2.75) is 19.0 Å². The summed E-state index contributed by atoms with van der Waals surface area (Å²) in [4.78, 5) is 14.1. The van der Waals surface area contributed by atoms with Gasteiger partial charge in [0.05, 0.1) is 0 Å². The maximum atomic E-state index is 13.0. The van der Waals surface area contributed by atoms with Gasteiger partial charge in [-0.3, -0.25) is 4.98 Å². The number of nitrogens with zero attached hydrogens (tertiary/aromatic N) is 1. The van der Waals surface area contributed by atoms with Gasteiger partial charge in [-0.1, -0.05) is 6.92 Å². The fourth-order valence-electron chi connectivity index (χ4n) is 1.05. The van der Waals surface area contributed by atoms with Crippen molar-refractivity contribution in [1.82, 2.24) is 4.98 Å². The Morgan fingerprint density at radius 1 is 1.54 bits per heavy atom. The molecule has 2 unspecified atom stereocenters. The predicted octanol–water partition coefficient (Wildman–Crippen LogP) is 1.61. The number of hydrogen-bond acceptors (Lipinski definition) is 2. The number of halogens is 1. The van der Waals surface area contributed by atoms with Crippen LogP contribution in [0.15, 0.2) is 24.5 Å². The van der Waals surface area contributed by atoms with Crippen molar-refractivity contribution in [3.63, 3.8) is 0 Å².